The van der Waals surface area contributed by atoms with Crippen LogP contribution >= 0.6 is 0 Å². The quantitative estimate of drug-likeness (QED) is 0.847. The minimum absolute atomic E-state index is 0.526. The lowest BCUT2D eigenvalue weighted by Gasteiger charge is -2.36. The minimum atomic E-state index is -3.01. The summed E-state index contributed by atoms with van der Waals surface area (Å²) >= 11 is 0. The summed E-state index contributed by atoms with van der Waals surface area (Å²) < 4.78 is 25.1. The Labute approximate surface area is 124 Å². The number of hydrogen-bond acceptors (Lipinski definition) is 3. The van der Waals surface area contributed by atoms with Gasteiger partial charge in [0.25, 0.3) is 0 Å². The molecule has 1 saturated heterocycles. The average molecular weight is 302 g/mol. The molecule has 1 heterocycles. The zero-order chi connectivity index (χ0) is 14.6. The van der Waals surface area contributed by atoms with Gasteiger partial charge in [-0.2, -0.15) is 0 Å². The minimum Gasteiger partial charge on any atom is -0.317 e. The van der Waals surface area contributed by atoms with Gasteiger partial charge in [0.05, 0.1) is 6.26 Å². The molecule has 4 nitrogen and oxygen atoms in total. The van der Waals surface area contributed by atoms with Gasteiger partial charge in [-0.1, -0.05) is 19.3 Å². The molecule has 1 N–H and O–H groups in total. The molecule has 0 bridgehead atoms. The molecule has 1 saturated carbocycles. The first kappa shape index (κ1) is 16.2. The Bertz CT molecular complexity index is 391. The largest absolute Gasteiger partial charge is 0.317 e. The number of sulfonamides is 1. The van der Waals surface area contributed by atoms with Crippen molar-refractivity contribution >= 4 is 10.0 Å². The maximum absolute atomic E-state index is 11.7. The summed E-state index contributed by atoms with van der Waals surface area (Å²) in [6, 6.07) is 0.569. The zero-order valence-corrected chi connectivity index (χ0v) is 13.8. The van der Waals surface area contributed by atoms with Gasteiger partial charge in [0.2, 0.25) is 10.0 Å². The lowest BCUT2D eigenvalue weighted by molar-refractivity contribution is 0.197. The lowest BCUT2D eigenvalue weighted by Crippen LogP contribution is -2.43. The van der Waals surface area contributed by atoms with E-state index in [1.54, 1.807) is 4.31 Å². The van der Waals surface area contributed by atoms with E-state index in [4.69, 9.17) is 0 Å². The number of piperidine rings is 1. The van der Waals surface area contributed by atoms with Crippen molar-refractivity contribution in [2.75, 3.05) is 26.4 Å². The van der Waals surface area contributed by atoms with Gasteiger partial charge >= 0.3 is 0 Å². The Balaban J connectivity index is 1.90. The Morgan fingerprint density at radius 3 is 2.45 bits per heavy atom. The SMILES string of the molecule is CNC(CC1CCCN(S(C)(=O)=O)C1)C1CCCCC1. The molecule has 1 aliphatic carbocycles. The molecule has 0 amide bonds. The van der Waals surface area contributed by atoms with Gasteiger partial charge in [-0.25, -0.2) is 12.7 Å². The third-order valence-corrected chi connectivity index (χ3v) is 6.40. The summed E-state index contributed by atoms with van der Waals surface area (Å²) in [4.78, 5) is 0. The third kappa shape index (κ3) is 4.43. The number of hydrogen-bond donors (Lipinski definition) is 1. The molecular weight excluding hydrogens is 272 g/mol. The van der Waals surface area contributed by atoms with E-state index in [0.717, 1.165) is 25.3 Å². The van der Waals surface area contributed by atoms with Gasteiger partial charge in [-0.05, 0) is 51.0 Å². The summed E-state index contributed by atoms with van der Waals surface area (Å²) in [6.45, 7) is 1.44. The second-order valence-corrected chi connectivity index (χ2v) is 8.64. The standard InChI is InChI=1S/C15H30N2O2S/c1-16-15(14-8-4-3-5-9-14)11-13-7-6-10-17(12-13)20(2,18)19/h13-16H,3-12H2,1-2H3. The smallest absolute Gasteiger partial charge is 0.211 e. The molecule has 1 aliphatic heterocycles. The van der Waals surface area contributed by atoms with Gasteiger partial charge in [-0.15, -0.1) is 0 Å². The van der Waals surface area contributed by atoms with Crippen LogP contribution in [0.5, 0.6) is 0 Å². The van der Waals surface area contributed by atoms with Crippen molar-refractivity contribution in [2.24, 2.45) is 11.8 Å². The fourth-order valence-electron chi connectivity index (χ4n) is 3.96. The Morgan fingerprint density at radius 1 is 1.15 bits per heavy atom. The predicted octanol–water partition coefficient (Wildman–Crippen LogP) is 2.22. The van der Waals surface area contributed by atoms with E-state index in [-0.39, 0.29) is 0 Å². The first-order valence-corrected chi connectivity index (χ1v) is 9.98. The van der Waals surface area contributed by atoms with Crippen LogP contribution in [0.1, 0.15) is 51.4 Å². The van der Waals surface area contributed by atoms with Crippen LogP contribution in [-0.4, -0.2) is 45.2 Å². The van der Waals surface area contributed by atoms with Crippen molar-refractivity contribution < 1.29 is 8.42 Å². The maximum atomic E-state index is 11.7. The highest BCUT2D eigenvalue weighted by Gasteiger charge is 2.30. The highest BCUT2D eigenvalue weighted by Crippen LogP contribution is 2.31. The van der Waals surface area contributed by atoms with E-state index in [1.807, 2.05) is 0 Å². The number of rotatable bonds is 5. The van der Waals surface area contributed by atoms with E-state index < -0.39 is 10.0 Å². The fraction of sp³-hybridized carbons (Fsp3) is 1.00. The topological polar surface area (TPSA) is 49.4 Å². The van der Waals surface area contributed by atoms with Gasteiger partial charge in [0.15, 0.2) is 0 Å². The molecule has 0 aromatic rings. The first-order valence-electron chi connectivity index (χ1n) is 8.13. The van der Waals surface area contributed by atoms with E-state index in [0.29, 0.717) is 18.5 Å². The van der Waals surface area contributed by atoms with Crippen molar-refractivity contribution in [3.8, 4) is 0 Å². The van der Waals surface area contributed by atoms with Crippen LogP contribution in [0.3, 0.4) is 0 Å². The highest BCUT2D eigenvalue weighted by atomic mass is 32.2. The van der Waals surface area contributed by atoms with Crippen molar-refractivity contribution in [1.82, 2.24) is 9.62 Å². The van der Waals surface area contributed by atoms with Crippen LogP contribution in [-0.2, 0) is 10.0 Å². The summed E-state index contributed by atoms with van der Waals surface area (Å²) in [6.07, 6.45) is 11.5. The summed E-state index contributed by atoms with van der Waals surface area (Å²) in [5, 5.41) is 3.50. The molecule has 2 aliphatic rings. The number of nitrogens with zero attached hydrogens (tertiary/aromatic N) is 1. The van der Waals surface area contributed by atoms with Crippen molar-refractivity contribution in [1.29, 1.82) is 0 Å². The fourth-order valence-corrected chi connectivity index (χ4v) is 4.90. The predicted molar refractivity (Wildman–Crippen MR) is 83.2 cm³/mol. The number of nitrogens with one attached hydrogen (secondary N) is 1. The Hall–Kier alpha value is -0.130. The van der Waals surface area contributed by atoms with Crippen LogP contribution in [0, 0.1) is 11.8 Å². The molecule has 2 atom stereocenters. The van der Waals surface area contributed by atoms with E-state index in [1.165, 1.54) is 44.8 Å². The van der Waals surface area contributed by atoms with Gasteiger partial charge in [0.1, 0.15) is 0 Å². The van der Waals surface area contributed by atoms with E-state index in [9.17, 15) is 8.42 Å². The molecule has 0 aromatic carbocycles. The normalized spacial score (nSPS) is 28.4. The van der Waals surface area contributed by atoms with Gasteiger partial charge in [-0.3, -0.25) is 0 Å². The van der Waals surface area contributed by atoms with E-state index >= 15 is 0 Å². The van der Waals surface area contributed by atoms with Crippen LogP contribution in [0.15, 0.2) is 0 Å². The monoisotopic (exact) mass is 302 g/mol. The Kier molecular flexibility index (Phi) is 5.87. The molecular formula is C15H30N2O2S. The van der Waals surface area contributed by atoms with Crippen LogP contribution in [0.4, 0.5) is 0 Å². The van der Waals surface area contributed by atoms with Crippen LogP contribution in [0.25, 0.3) is 0 Å². The second-order valence-electron chi connectivity index (χ2n) is 6.66. The second kappa shape index (κ2) is 7.23. The zero-order valence-electron chi connectivity index (χ0n) is 13.0. The molecule has 0 aromatic heterocycles. The summed E-state index contributed by atoms with van der Waals surface area (Å²) in [7, 11) is -0.947. The molecule has 2 fully saturated rings. The molecule has 5 heteroatoms. The van der Waals surface area contributed by atoms with E-state index in [2.05, 4.69) is 12.4 Å². The van der Waals surface area contributed by atoms with Crippen molar-refractivity contribution in [3.63, 3.8) is 0 Å². The molecule has 2 unspecified atom stereocenters. The van der Waals surface area contributed by atoms with Crippen molar-refractivity contribution in [3.05, 3.63) is 0 Å². The molecule has 20 heavy (non-hydrogen) atoms. The van der Waals surface area contributed by atoms with Gasteiger partial charge in [0, 0.05) is 19.1 Å². The summed E-state index contributed by atoms with van der Waals surface area (Å²) in [5.74, 6) is 1.32. The molecule has 0 spiro atoms. The van der Waals surface area contributed by atoms with Gasteiger partial charge < -0.3 is 5.32 Å². The molecule has 118 valence electrons. The highest BCUT2D eigenvalue weighted by molar-refractivity contribution is 7.88. The molecule has 0 radical (unpaired) electrons. The molecule has 2 rings (SSSR count). The summed E-state index contributed by atoms with van der Waals surface area (Å²) in [5.41, 5.74) is 0. The Morgan fingerprint density at radius 2 is 1.85 bits per heavy atom. The van der Waals surface area contributed by atoms with Crippen molar-refractivity contribution in [2.45, 2.75) is 57.4 Å². The first-order chi connectivity index (χ1) is 9.50. The van der Waals surface area contributed by atoms with Crippen LogP contribution in [0.2, 0.25) is 0 Å². The third-order valence-electron chi connectivity index (χ3n) is 5.13. The lowest BCUT2D eigenvalue weighted by atomic mass is 9.79. The maximum Gasteiger partial charge on any atom is 0.211 e. The van der Waals surface area contributed by atoms with Crippen LogP contribution < -0.4 is 5.32 Å². The average Bonchev–Trinajstić information content (AvgIpc) is 2.45.